The van der Waals surface area contributed by atoms with Crippen LogP contribution in [0.5, 0.6) is 5.75 Å². The Bertz CT molecular complexity index is 599. The Morgan fingerprint density at radius 3 is 2.95 bits per heavy atom. The van der Waals surface area contributed by atoms with Crippen LogP contribution in [0.4, 0.5) is 4.39 Å². The van der Waals surface area contributed by atoms with Gasteiger partial charge in [0, 0.05) is 12.5 Å². The van der Waals surface area contributed by atoms with Crippen molar-refractivity contribution in [3.63, 3.8) is 0 Å². The summed E-state index contributed by atoms with van der Waals surface area (Å²) < 4.78 is 18.8. The van der Waals surface area contributed by atoms with Crippen molar-refractivity contribution in [3.8, 4) is 5.75 Å². The minimum atomic E-state index is -0.161. The highest BCUT2D eigenvalue weighted by atomic mass is 19.1. The molecule has 0 amide bonds. The summed E-state index contributed by atoms with van der Waals surface area (Å²) in [6.45, 7) is 2.59. The number of halogens is 1. The lowest BCUT2D eigenvalue weighted by Crippen LogP contribution is -2.27. The highest BCUT2D eigenvalue weighted by molar-refractivity contribution is 5.37. The molecule has 21 heavy (non-hydrogen) atoms. The molecule has 2 nitrogen and oxygen atoms in total. The summed E-state index contributed by atoms with van der Waals surface area (Å²) in [6, 6.07) is 15.1. The molecule has 1 atom stereocenters. The van der Waals surface area contributed by atoms with Gasteiger partial charge in [-0.15, -0.1) is 0 Å². The van der Waals surface area contributed by atoms with Crippen LogP contribution >= 0.6 is 0 Å². The number of nitrogens with one attached hydrogen (secondary N) is 1. The minimum absolute atomic E-state index is 0.161. The summed E-state index contributed by atoms with van der Waals surface area (Å²) >= 11 is 0. The van der Waals surface area contributed by atoms with E-state index in [9.17, 15) is 4.39 Å². The molecule has 2 aromatic rings. The second-order valence-corrected chi connectivity index (χ2v) is 5.46. The first-order chi connectivity index (χ1) is 10.3. The topological polar surface area (TPSA) is 21.3 Å². The van der Waals surface area contributed by atoms with Crippen molar-refractivity contribution in [2.45, 2.75) is 18.8 Å². The van der Waals surface area contributed by atoms with Crippen LogP contribution in [0.3, 0.4) is 0 Å². The van der Waals surface area contributed by atoms with Crippen molar-refractivity contribution in [3.05, 3.63) is 65.5 Å². The van der Waals surface area contributed by atoms with E-state index < -0.39 is 0 Å². The van der Waals surface area contributed by atoms with E-state index in [4.69, 9.17) is 4.74 Å². The molecule has 0 fully saturated rings. The standard InChI is InChI=1S/C18H20FNO/c19-16-5-3-4-14(12-16)8-10-20-13-15-9-11-21-18-7-2-1-6-17(15)18/h1-7,12,15,20H,8-11,13H2. The fraction of sp³-hybridized carbons (Fsp3) is 0.333. The monoisotopic (exact) mass is 285 g/mol. The molecule has 1 aliphatic heterocycles. The number of para-hydroxylation sites is 1. The van der Waals surface area contributed by atoms with Crippen molar-refractivity contribution in [1.82, 2.24) is 5.32 Å². The zero-order valence-corrected chi connectivity index (χ0v) is 12.0. The number of ether oxygens (including phenoxy) is 1. The van der Waals surface area contributed by atoms with Gasteiger partial charge in [-0.1, -0.05) is 30.3 Å². The molecule has 2 aromatic carbocycles. The van der Waals surface area contributed by atoms with Gasteiger partial charge in [0.15, 0.2) is 0 Å². The molecule has 1 N–H and O–H groups in total. The van der Waals surface area contributed by atoms with Gasteiger partial charge < -0.3 is 10.1 Å². The van der Waals surface area contributed by atoms with Gasteiger partial charge in [-0.25, -0.2) is 4.39 Å². The van der Waals surface area contributed by atoms with Gasteiger partial charge in [-0.3, -0.25) is 0 Å². The van der Waals surface area contributed by atoms with Gasteiger partial charge in [0.1, 0.15) is 11.6 Å². The Balaban J connectivity index is 1.50. The molecule has 1 unspecified atom stereocenters. The molecule has 0 spiro atoms. The number of hydrogen-bond acceptors (Lipinski definition) is 2. The van der Waals surface area contributed by atoms with E-state index in [2.05, 4.69) is 17.4 Å². The Morgan fingerprint density at radius 1 is 1.14 bits per heavy atom. The fourth-order valence-electron chi connectivity index (χ4n) is 2.83. The van der Waals surface area contributed by atoms with Crippen molar-refractivity contribution < 1.29 is 9.13 Å². The minimum Gasteiger partial charge on any atom is -0.493 e. The van der Waals surface area contributed by atoms with E-state index in [1.165, 1.54) is 11.6 Å². The highest BCUT2D eigenvalue weighted by Gasteiger charge is 2.20. The first kappa shape index (κ1) is 14.1. The third kappa shape index (κ3) is 3.61. The summed E-state index contributed by atoms with van der Waals surface area (Å²) in [4.78, 5) is 0. The van der Waals surface area contributed by atoms with E-state index in [1.54, 1.807) is 12.1 Å². The maximum atomic E-state index is 13.1. The summed E-state index contributed by atoms with van der Waals surface area (Å²) in [7, 11) is 0. The third-order valence-corrected chi connectivity index (χ3v) is 3.95. The summed E-state index contributed by atoms with van der Waals surface area (Å²) in [6.07, 6.45) is 1.90. The molecule has 110 valence electrons. The van der Waals surface area contributed by atoms with Gasteiger partial charge in [0.25, 0.3) is 0 Å². The molecule has 0 radical (unpaired) electrons. The van der Waals surface area contributed by atoms with Crippen LogP contribution in [0.2, 0.25) is 0 Å². The molecule has 1 aliphatic rings. The second kappa shape index (κ2) is 6.72. The number of fused-ring (bicyclic) bond motifs is 1. The first-order valence-corrected chi connectivity index (χ1v) is 7.50. The molecule has 0 aliphatic carbocycles. The maximum absolute atomic E-state index is 13.1. The maximum Gasteiger partial charge on any atom is 0.123 e. The zero-order valence-electron chi connectivity index (χ0n) is 12.0. The predicted octanol–water partition coefficient (Wildman–Crippen LogP) is 3.52. The van der Waals surface area contributed by atoms with Crippen LogP contribution in [0.15, 0.2) is 48.5 Å². The SMILES string of the molecule is Fc1cccc(CCNCC2CCOc3ccccc32)c1. The lowest BCUT2D eigenvalue weighted by molar-refractivity contribution is 0.265. The average molecular weight is 285 g/mol. The molecular weight excluding hydrogens is 265 g/mol. The van der Waals surface area contributed by atoms with Gasteiger partial charge in [0.05, 0.1) is 6.61 Å². The van der Waals surface area contributed by atoms with Gasteiger partial charge >= 0.3 is 0 Å². The van der Waals surface area contributed by atoms with Gasteiger partial charge in [0.2, 0.25) is 0 Å². The van der Waals surface area contributed by atoms with Crippen LogP contribution in [0.25, 0.3) is 0 Å². The molecule has 3 heteroatoms. The zero-order chi connectivity index (χ0) is 14.5. The average Bonchev–Trinajstić information content (AvgIpc) is 2.52. The lowest BCUT2D eigenvalue weighted by atomic mass is 9.93. The Kier molecular flexibility index (Phi) is 4.51. The van der Waals surface area contributed by atoms with Crippen LogP contribution < -0.4 is 10.1 Å². The van der Waals surface area contributed by atoms with Crippen molar-refractivity contribution in [2.24, 2.45) is 0 Å². The number of hydrogen-bond donors (Lipinski definition) is 1. The Labute approximate surface area is 125 Å². The molecule has 0 bridgehead atoms. The van der Waals surface area contributed by atoms with Crippen LogP contribution in [-0.2, 0) is 6.42 Å². The molecule has 3 rings (SSSR count). The van der Waals surface area contributed by atoms with Crippen LogP contribution in [-0.4, -0.2) is 19.7 Å². The van der Waals surface area contributed by atoms with Crippen LogP contribution in [0.1, 0.15) is 23.5 Å². The normalized spacial score (nSPS) is 17.1. The summed E-state index contributed by atoms with van der Waals surface area (Å²) in [5, 5.41) is 3.49. The largest absolute Gasteiger partial charge is 0.493 e. The van der Waals surface area contributed by atoms with E-state index in [0.29, 0.717) is 5.92 Å². The van der Waals surface area contributed by atoms with E-state index in [-0.39, 0.29) is 5.82 Å². The van der Waals surface area contributed by atoms with Crippen molar-refractivity contribution in [1.29, 1.82) is 0 Å². The first-order valence-electron chi connectivity index (χ1n) is 7.50. The predicted molar refractivity (Wildman–Crippen MR) is 82.3 cm³/mol. The van der Waals surface area contributed by atoms with E-state index in [1.807, 2.05) is 18.2 Å². The molecule has 0 saturated carbocycles. The summed E-state index contributed by atoms with van der Waals surface area (Å²) in [5.41, 5.74) is 2.33. The van der Waals surface area contributed by atoms with Crippen molar-refractivity contribution >= 4 is 0 Å². The molecule has 1 heterocycles. The number of benzene rings is 2. The smallest absolute Gasteiger partial charge is 0.123 e. The molecule has 0 saturated heterocycles. The Hall–Kier alpha value is -1.87. The quantitative estimate of drug-likeness (QED) is 0.849. The third-order valence-electron chi connectivity index (χ3n) is 3.95. The fourth-order valence-corrected chi connectivity index (χ4v) is 2.83. The Morgan fingerprint density at radius 2 is 2.05 bits per heavy atom. The van der Waals surface area contributed by atoms with E-state index in [0.717, 1.165) is 43.9 Å². The highest BCUT2D eigenvalue weighted by Crippen LogP contribution is 2.32. The lowest BCUT2D eigenvalue weighted by Gasteiger charge is -2.26. The number of rotatable bonds is 5. The summed E-state index contributed by atoms with van der Waals surface area (Å²) in [5.74, 6) is 1.36. The molecule has 0 aromatic heterocycles. The molecular formula is C18H20FNO. The van der Waals surface area contributed by atoms with Gasteiger partial charge in [-0.2, -0.15) is 0 Å². The van der Waals surface area contributed by atoms with Crippen molar-refractivity contribution in [2.75, 3.05) is 19.7 Å². The van der Waals surface area contributed by atoms with E-state index >= 15 is 0 Å². The van der Waals surface area contributed by atoms with Crippen LogP contribution in [0, 0.1) is 5.82 Å². The second-order valence-electron chi connectivity index (χ2n) is 5.46. The van der Waals surface area contributed by atoms with Gasteiger partial charge in [-0.05, 0) is 48.7 Å².